The monoisotopic (exact) mass is 685 g/mol. The smallest absolute Gasteiger partial charge is 0.306 e. The van der Waals surface area contributed by atoms with Crippen molar-refractivity contribution in [3.05, 3.63) is 24.3 Å². The fourth-order valence-corrected chi connectivity index (χ4v) is 5.76. The molecule has 0 aromatic carbocycles. The van der Waals surface area contributed by atoms with Crippen LogP contribution in [0.15, 0.2) is 24.3 Å². The van der Waals surface area contributed by atoms with E-state index in [4.69, 9.17) is 18.9 Å². The molecular formula is C39H72O9. The molecule has 0 spiro atoms. The topological polar surface area (TPSA) is 135 Å². The number of carbonyl (C=O) groups excluding carboxylic acids is 1. The summed E-state index contributed by atoms with van der Waals surface area (Å²) in [7, 11) is 0. The molecule has 0 aromatic rings. The first-order valence-corrected chi connectivity index (χ1v) is 19.4. The molecule has 1 fully saturated rings. The molecule has 0 bridgehead atoms. The zero-order valence-electron chi connectivity index (χ0n) is 30.5. The largest absolute Gasteiger partial charge is 0.457 e. The Morgan fingerprint density at radius 3 is 1.81 bits per heavy atom. The highest BCUT2D eigenvalue weighted by atomic mass is 16.7. The van der Waals surface area contributed by atoms with Gasteiger partial charge in [-0.25, -0.2) is 0 Å². The van der Waals surface area contributed by atoms with Gasteiger partial charge in [-0.15, -0.1) is 0 Å². The SMILES string of the molecule is CCCCCC/C=C\C/C=C\CCCCCCCCCCOCC(COC1OC(CO)C(O)C(O)C1O)OC(=O)CCCCCCCC. The Hall–Kier alpha value is -1.33. The first-order chi connectivity index (χ1) is 23.4. The molecule has 0 radical (unpaired) electrons. The highest BCUT2D eigenvalue weighted by Crippen LogP contribution is 2.22. The first-order valence-electron chi connectivity index (χ1n) is 19.4. The lowest BCUT2D eigenvalue weighted by Crippen LogP contribution is -2.59. The molecule has 4 N–H and O–H groups in total. The molecule has 1 saturated heterocycles. The molecule has 282 valence electrons. The van der Waals surface area contributed by atoms with Gasteiger partial charge in [0.15, 0.2) is 6.29 Å². The van der Waals surface area contributed by atoms with Gasteiger partial charge in [0.05, 0.1) is 19.8 Å². The van der Waals surface area contributed by atoms with Crippen LogP contribution in [0.3, 0.4) is 0 Å². The van der Waals surface area contributed by atoms with E-state index in [0.717, 1.165) is 38.5 Å². The molecule has 1 aliphatic rings. The van der Waals surface area contributed by atoms with Gasteiger partial charge < -0.3 is 39.4 Å². The minimum absolute atomic E-state index is 0.114. The van der Waals surface area contributed by atoms with Crippen molar-refractivity contribution in [1.82, 2.24) is 0 Å². The lowest BCUT2D eigenvalue weighted by molar-refractivity contribution is -0.305. The van der Waals surface area contributed by atoms with E-state index in [9.17, 15) is 25.2 Å². The zero-order chi connectivity index (χ0) is 35.1. The molecular weight excluding hydrogens is 612 g/mol. The van der Waals surface area contributed by atoms with Crippen molar-refractivity contribution in [2.24, 2.45) is 0 Å². The normalized spacial score (nSPS) is 22.2. The van der Waals surface area contributed by atoms with Crippen LogP contribution in [0.1, 0.15) is 155 Å². The summed E-state index contributed by atoms with van der Waals surface area (Å²) >= 11 is 0. The van der Waals surface area contributed by atoms with E-state index in [0.29, 0.717) is 13.0 Å². The number of carbonyl (C=O) groups is 1. The summed E-state index contributed by atoms with van der Waals surface area (Å²) in [6.45, 7) is 4.46. The standard InChI is InChI=1S/C39H72O9/c1-3-5-7-9-11-12-13-14-15-16-17-18-19-20-21-22-23-25-27-29-45-31-33(47-35(41)28-26-24-10-8-6-4-2)32-46-39-38(44)37(43)36(42)34(30-40)48-39/h12-13,15-16,33-34,36-40,42-44H,3-11,14,17-32H2,1-2H3/b13-12-,16-15-. The minimum Gasteiger partial charge on any atom is -0.457 e. The van der Waals surface area contributed by atoms with Gasteiger partial charge in [-0.2, -0.15) is 0 Å². The summed E-state index contributed by atoms with van der Waals surface area (Å²) in [6.07, 6.45) is 26.6. The van der Waals surface area contributed by atoms with Gasteiger partial charge in [-0.3, -0.25) is 4.79 Å². The molecule has 0 aromatic heterocycles. The Bertz CT molecular complexity index is 787. The van der Waals surface area contributed by atoms with Crippen molar-refractivity contribution in [2.45, 2.75) is 192 Å². The third kappa shape index (κ3) is 23.1. The number of allylic oxidation sites excluding steroid dienone is 4. The van der Waals surface area contributed by atoms with Crippen molar-refractivity contribution in [3.8, 4) is 0 Å². The number of esters is 1. The fraction of sp³-hybridized carbons (Fsp3) is 0.872. The number of rotatable bonds is 32. The summed E-state index contributed by atoms with van der Waals surface area (Å²) in [4.78, 5) is 12.5. The van der Waals surface area contributed by atoms with Gasteiger partial charge in [-0.1, -0.05) is 128 Å². The molecule has 9 heteroatoms. The van der Waals surface area contributed by atoms with Gasteiger partial charge >= 0.3 is 5.97 Å². The summed E-state index contributed by atoms with van der Waals surface area (Å²) in [5, 5.41) is 39.8. The van der Waals surface area contributed by atoms with Crippen molar-refractivity contribution in [3.63, 3.8) is 0 Å². The predicted molar refractivity (Wildman–Crippen MR) is 192 cm³/mol. The second-order valence-corrected chi connectivity index (χ2v) is 13.4. The van der Waals surface area contributed by atoms with Crippen LogP contribution in [-0.2, 0) is 23.7 Å². The third-order valence-electron chi connectivity index (χ3n) is 8.87. The summed E-state index contributed by atoms with van der Waals surface area (Å²) in [6, 6.07) is 0. The molecule has 6 unspecified atom stereocenters. The summed E-state index contributed by atoms with van der Waals surface area (Å²) in [5.74, 6) is -0.326. The summed E-state index contributed by atoms with van der Waals surface area (Å²) in [5.41, 5.74) is 0. The van der Waals surface area contributed by atoms with E-state index in [1.54, 1.807) is 0 Å². The van der Waals surface area contributed by atoms with Crippen molar-refractivity contribution in [2.75, 3.05) is 26.4 Å². The molecule has 9 nitrogen and oxygen atoms in total. The number of aliphatic hydroxyl groups excluding tert-OH is 4. The van der Waals surface area contributed by atoms with Crippen LogP contribution in [0.5, 0.6) is 0 Å². The van der Waals surface area contributed by atoms with Crippen LogP contribution in [0.4, 0.5) is 0 Å². The number of ether oxygens (including phenoxy) is 4. The molecule has 48 heavy (non-hydrogen) atoms. The molecule has 0 aliphatic carbocycles. The lowest BCUT2D eigenvalue weighted by atomic mass is 9.99. The van der Waals surface area contributed by atoms with Gasteiger partial charge in [0.2, 0.25) is 0 Å². The second kappa shape index (κ2) is 31.6. The van der Waals surface area contributed by atoms with Gasteiger partial charge in [0.25, 0.3) is 0 Å². The number of hydrogen-bond acceptors (Lipinski definition) is 9. The zero-order valence-corrected chi connectivity index (χ0v) is 30.5. The molecule has 0 saturated carbocycles. The van der Waals surface area contributed by atoms with Gasteiger partial charge in [0, 0.05) is 13.0 Å². The predicted octanol–water partition coefficient (Wildman–Crippen LogP) is 7.47. The van der Waals surface area contributed by atoms with Gasteiger partial charge in [-0.05, 0) is 44.9 Å². The quantitative estimate of drug-likeness (QED) is 0.0323. The van der Waals surface area contributed by atoms with Crippen LogP contribution in [0.2, 0.25) is 0 Å². The Labute approximate surface area is 292 Å². The average molecular weight is 685 g/mol. The number of aliphatic hydroxyl groups is 4. The number of hydrogen-bond donors (Lipinski definition) is 4. The van der Waals surface area contributed by atoms with Crippen molar-refractivity contribution < 1.29 is 44.2 Å². The van der Waals surface area contributed by atoms with E-state index < -0.39 is 43.4 Å². The Morgan fingerprint density at radius 1 is 0.667 bits per heavy atom. The molecule has 6 atom stereocenters. The Morgan fingerprint density at radius 2 is 1.21 bits per heavy atom. The summed E-state index contributed by atoms with van der Waals surface area (Å²) < 4.78 is 22.6. The Kier molecular flexibility index (Phi) is 29.5. The molecule has 0 amide bonds. The first kappa shape index (κ1) is 44.7. The van der Waals surface area contributed by atoms with E-state index in [-0.39, 0.29) is 19.2 Å². The van der Waals surface area contributed by atoms with Crippen LogP contribution < -0.4 is 0 Å². The van der Waals surface area contributed by atoms with Crippen LogP contribution in [0, 0.1) is 0 Å². The van der Waals surface area contributed by atoms with Crippen molar-refractivity contribution in [1.29, 1.82) is 0 Å². The maximum absolute atomic E-state index is 12.5. The highest BCUT2D eigenvalue weighted by molar-refractivity contribution is 5.69. The fourth-order valence-electron chi connectivity index (χ4n) is 5.76. The van der Waals surface area contributed by atoms with E-state index in [1.807, 2.05) is 0 Å². The van der Waals surface area contributed by atoms with E-state index >= 15 is 0 Å². The molecule has 1 heterocycles. The minimum atomic E-state index is -1.53. The highest BCUT2D eigenvalue weighted by Gasteiger charge is 2.44. The molecule has 1 aliphatic heterocycles. The maximum Gasteiger partial charge on any atom is 0.306 e. The Balaban J connectivity index is 2.22. The average Bonchev–Trinajstić information content (AvgIpc) is 3.08. The van der Waals surface area contributed by atoms with Crippen LogP contribution >= 0.6 is 0 Å². The lowest BCUT2D eigenvalue weighted by Gasteiger charge is -2.39. The van der Waals surface area contributed by atoms with Crippen LogP contribution in [0.25, 0.3) is 0 Å². The second-order valence-electron chi connectivity index (χ2n) is 13.4. The third-order valence-corrected chi connectivity index (χ3v) is 8.87. The van der Waals surface area contributed by atoms with Crippen molar-refractivity contribution >= 4 is 5.97 Å². The van der Waals surface area contributed by atoms with Crippen LogP contribution in [-0.4, -0.2) is 89.6 Å². The number of unbranched alkanes of at least 4 members (excludes halogenated alkanes) is 17. The molecule has 1 rings (SSSR count). The van der Waals surface area contributed by atoms with E-state index in [2.05, 4.69) is 38.2 Å². The van der Waals surface area contributed by atoms with E-state index in [1.165, 1.54) is 96.3 Å². The van der Waals surface area contributed by atoms with Gasteiger partial charge in [0.1, 0.15) is 30.5 Å². The maximum atomic E-state index is 12.5.